The molecule has 2 aliphatic carbocycles. The first-order chi connectivity index (χ1) is 8.34. The van der Waals surface area contributed by atoms with Gasteiger partial charge in [-0.1, -0.05) is 30.3 Å². The maximum Gasteiger partial charge on any atom is 0.0329 e. The summed E-state index contributed by atoms with van der Waals surface area (Å²) >= 11 is 0. The molecule has 1 unspecified atom stereocenters. The van der Waals surface area contributed by atoms with E-state index in [1.54, 1.807) is 0 Å². The average molecular weight is 223 g/mol. The fourth-order valence-electron chi connectivity index (χ4n) is 3.27. The maximum absolute atomic E-state index is 6.39. The van der Waals surface area contributed by atoms with Gasteiger partial charge in [0.15, 0.2) is 0 Å². The van der Waals surface area contributed by atoms with Crippen molar-refractivity contribution < 1.29 is 0 Å². The highest BCUT2D eigenvalue weighted by Gasteiger charge is 2.31. The van der Waals surface area contributed by atoms with E-state index in [2.05, 4.69) is 30.3 Å². The van der Waals surface area contributed by atoms with Gasteiger partial charge in [0.1, 0.15) is 0 Å². The molecule has 1 nitrogen and oxygen atoms in total. The van der Waals surface area contributed by atoms with Gasteiger partial charge >= 0.3 is 0 Å². The Balaban J connectivity index is 1.99. The Kier molecular flexibility index (Phi) is 1.89. The van der Waals surface area contributed by atoms with Gasteiger partial charge in [0.25, 0.3) is 0 Å². The summed E-state index contributed by atoms with van der Waals surface area (Å²) in [7, 11) is 0. The van der Waals surface area contributed by atoms with Crippen LogP contribution in [0.25, 0.3) is 10.8 Å². The van der Waals surface area contributed by atoms with E-state index in [9.17, 15) is 0 Å². The minimum atomic E-state index is 0.250. The molecule has 0 heterocycles. The van der Waals surface area contributed by atoms with Crippen LogP contribution < -0.4 is 5.73 Å². The average Bonchev–Trinajstić information content (AvgIpc) is 3.13. The van der Waals surface area contributed by atoms with Gasteiger partial charge in [-0.25, -0.2) is 0 Å². The lowest BCUT2D eigenvalue weighted by atomic mass is 9.94. The highest BCUT2D eigenvalue weighted by molar-refractivity contribution is 5.93. The van der Waals surface area contributed by atoms with Crippen molar-refractivity contribution in [3.05, 3.63) is 47.0 Å². The molecule has 1 fully saturated rings. The van der Waals surface area contributed by atoms with Crippen molar-refractivity contribution in [1.29, 1.82) is 0 Å². The standard InChI is InChI=1S/C16H17N/c17-16(12-6-7-12)14-9-8-11-5-4-10-2-1-3-13(14)15(10)11/h1-3,8-9,12,16H,4-7,17H2. The molecule has 0 radical (unpaired) electrons. The molecule has 0 spiro atoms. The Morgan fingerprint density at radius 1 is 1.00 bits per heavy atom. The van der Waals surface area contributed by atoms with Gasteiger partial charge in [0.2, 0.25) is 0 Å². The van der Waals surface area contributed by atoms with E-state index in [0.717, 1.165) is 5.92 Å². The molecule has 0 saturated heterocycles. The Labute approximate surface area is 102 Å². The van der Waals surface area contributed by atoms with Gasteiger partial charge in [-0.05, 0) is 59.1 Å². The topological polar surface area (TPSA) is 26.0 Å². The van der Waals surface area contributed by atoms with Gasteiger partial charge in [-0.15, -0.1) is 0 Å². The van der Waals surface area contributed by atoms with E-state index in [1.807, 2.05) is 0 Å². The zero-order chi connectivity index (χ0) is 11.4. The van der Waals surface area contributed by atoms with Gasteiger partial charge in [0, 0.05) is 6.04 Å². The Morgan fingerprint density at radius 3 is 2.53 bits per heavy atom. The lowest BCUT2D eigenvalue weighted by Gasteiger charge is -2.15. The molecular formula is C16H17N. The predicted molar refractivity (Wildman–Crippen MR) is 71.0 cm³/mol. The molecule has 0 amide bonds. The summed E-state index contributed by atoms with van der Waals surface area (Å²) in [5, 5.41) is 2.91. The van der Waals surface area contributed by atoms with Crippen LogP contribution in [0.2, 0.25) is 0 Å². The molecule has 0 aliphatic heterocycles. The molecule has 1 atom stereocenters. The third kappa shape index (κ3) is 1.35. The number of hydrogen-bond donors (Lipinski definition) is 1. The Morgan fingerprint density at radius 2 is 1.76 bits per heavy atom. The third-order valence-electron chi connectivity index (χ3n) is 4.40. The van der Waals surface area contributed by atoms with Crippen LogP contribution >= 0.6 is 0 Å². The van der Waals surface area contributed by atoms with Crippen molar-refractivity contribution in [3.63, 3.8) is 0 Å². The number of hydrogen-bond acceptors (Lipinski definition) is 1. The smallest absolute Gasteiger partial charge is 0.0329 e. The molecule has 86 valence electrons. The van der Waals surface area contributed by atoms with Crippen LogP contribution in [0.15, 0.2) is 30.3 Å². The summed E-state index contributed by atoms with van der Waals surface area (Å²) in [5.74, 6) is 0.730. The first-order valence-electron chi connectivity index (χ1n) is 6.63. The summed E-state index contributed by atoms with van der Waals surface area (Å²) in [6, 6.07) is 11.5. The van der Waals surface area contributed by atoms with E-state index in [0.29, 0.717) is 0 Å². The number of rotatable bonds is 2. The second kappa shape index (κ2) is 3.33. The molecule has 1 heteroatoms. The van der Waals surface area contributed by atoms with Crippen molar-refractivity contribution in [2.24, 2.45) is 11.7 Å². The largest absolute Gasteiger partial charge is 0.324 e. The minimum Gasteiger partial charge on any atom is -0.324 e. The van der Waals surface area contributed by atoms with Crippen molar-refractivity contribution in [1.82, 2.24) is 0 Å². The van der Waals surface area contributed by atoms with Crippen molar-refractivity contribution >= 4 is 10.8 Å². The number of benzene rings is 2. The zero-order valence-corrected chi connectivity index (χ0v) is 9.95. The molecule has 17 heavy (non-hydrogen) atoms. The zero-order valence-electron chi connectivity index (χ0n) is 9.95. The van der Waals surface area contributed by atoms with Crippen LogP contribution in [0, 0.1) is 5.92 Å². The molecule has 2 N–H and O–H groups in total. The molecule has 2 aliphatic rings. The highest BCUT2D eigenvalue weighted by Crippen LogP contribution is 2.43. The van der Waals surface area contributed by atoms with Crippen LogP contribution in [0.5, 0.6) is 0 Å². The molecule has 4 rings (SSSR count). The molecule has 2 aromatic rings. The fourth-order valence-corrected chi connectivity index (χ4v) is 3.27. The van der Waals surface area contributed by atoms with Gasteiger partial charge in [-0.2, -0.15) is 0 Å². The summed E-state index contributed by atoms with van der Waals surface area (Å²) in [5.41, 5.74) is 10.8. The second-order valence-corrected chi connectivity index (χ2v) is 5.52. The SMILES string of the molecule is NC(c1ccc2c3c(cccc13)CC2)C1CC1. The predicted octanol–water partition coefficient (Wildman–Crippen LogP) is 3.35. The maximum atomic E-state index is 6.39. The van der Waals surface area contributed by atoms with Crippen LogP contribution in [0.4, 0.5) is 0 Å². The second-order valence-electron chi connectivity index (χ2n) is 5.52. The van der Waals surface area contributed by atoms with Crippen LogP contribution in [-0.4, -0.2) is 0 Å². The Hall–Kier alpha value is -1.34. The lowest BCUT2D eigenvalue weighted by molar-refractivity contribution is 0.638. The summed E-state index contributed by atoms with van der Waals surface area (Å²) in [6.07, 6.45) is 5.03. The van der Waals surface area contributed by atoms with Crippen molar-refractivity contribution in [2.75, 3.05) is 0 Å². The van der Waals surface area contributed by atoms with E-state index < -0.39 is 0 Å². The normalized spacial score (nSPS) is 19.8. The van der Waals surface area contributed by atoms with E-state index in [-0.39, 0.29) is 6.04 Å². The van der Waals surface area contributed by atoms with Gasteiger partial charge in [-0.3, -0.25) is 0 Å². The molecular weight excluding hydrogens is 206 g/mol. The highest BCUT2D eigenvalue weighted by atomic mass is 14.7. The fraction of sp³-hybridized carbons (Fsp3) is 0.375. The molecule has 0 aromatic heterocycles. The monoisotopic (exact) mass is 223 g/mol. The van der Waals surface area contributed by atoms with E-state index in [4.69, 9.17) is 5.73 Å². The third-order valence-corrected chi connectivity index (χ3v) is 4.40. The summed E-state index contributed by atoms with van der Waals surface area (Å²) < 4.78 is 0. The summed E-state index contributed by atoms with van der Waals surface area (Å²) in [6.45, 7) is 0. The summed E-state index contributed by atoms with van der Waals surface area (Å²) in [4.78, 5) is 0. The molecule has 1 saturated carbocycles. The number of aryl methyl sites for hydroxylation is 2. The first-order valence-corrected chi connectivity index (χ1v) is 6.63. The minimum absolute atomic E-state index is 0.250. The van der Waals surface area contributed by atoms with E-state index >= 15 is 0 Å². The van der Waals surface area contributed by atoms with Crippen molar-refractivity contribution in [2.45, 2.75) is 31.7 Å². The van der Waals surface area contributed by atoms with Crippen molar-refractivity contribution in [3.8, 4) is 0 Å². The van der Waals surface area contributed by atoms with E-state index in [1.165, 1.54) is 53.1 Å². The Bertz CT molecular complexity index is 585. The van der Waals surface area contributed by atoms with Crippen LogP contribution in [0.3, 0.4) is 0 Å². The van der Waals surface area contributed by atoms with Crippen LogP contribution in [-0.2, 0) is 12.8 Å². The number of nitrogens with two attached hydrogens (primary N) is 1. The van der Waals surface area contributed by atoms with Gasteiger partial charge < -0.3 is 5.73 Å². The first kappa shape index (κ1) is 9.67. The lowest BCUT2D eigenvalue weighted by Crippen LogP contribution is -2.12. The van der Waals surface area contributed by atoms with Crippen LogP contribution in [0.1, 0.15) is 35.6 Å². The molecule has 0 bridgehead atoms. The van der Waals surface area contributed by atoms with Gasteiger partial charge in [0.05, 0.1) is 0 Å². The quantitative estimate of drug-likeness (QED) is 0.830. The molecule has 2 aromatic carbocycles.